The summed E-state index contributed by atoms with van der Waals surface area (Å²) in [5.41, 5.74) is 5.92. The second-order valence-corrected chi connectivity index (χ2v) is 4.51. The molecular weight excluding hydrogens is 164 g/mol. The summed E-state index contributed by atoms with van der Waals surface area (Å²) in [5.74, 6) is 0. The van der Waals surface area contributed by atoms with Gasteiger partial charge in [0.25, 0.3) is 0 Å². The summed E-state index contributed by atoms with van der Waals surface area (Å²) in [6, 6.07) is 0.314. The molecule has 0 saturated carbocycles. The lowest BCUT2D eigenvalue weighted by molar-refractivity contribution is -0.0869. The Morgan fingerprint density at radius 3 is 2.77 bits per heavy atom. The molecular formula is C10H22N2O. The van der Waals surface area contributed by atoms with Crippen molar-refractivity contribution in [1.82, 2.24) is 4.90 Å². The number of morpholine rings is 1. The summed E-state index contributed by atoms with van der Waals surface area (Å²) < 4.78 is 5.63. The topological polar surface area (TPSA) is 38.5 Å². The lowest BCUT2D eigenvalue weighted by Gasteiger charge is -2.39. The Morgan fingerprint density at radius 1 is 1.54 bits per heavy atom. The van der Waals surface area contributed by atoms with E-state index < -0.39 is 0 Å². The smallest absolute Gasteiger partial charge is 0.0753 e. The van der Waals surface area contributed by atoms with Gasteiger partial charge in [-0.05, 0) is 20.3 Å². The highest BCUT2D eigenvalue weighted by Gasteiger charge is 2.27. The molecule has 1 fully saturated rings. The van der Waals surface area contributed by atoms with Gasteiger partial charge >= 0.3 is 0 Å². The molecule has 0 aromatic rings. The van der Waals surface area contributed by atoms with Crippen LogP contribution in [0.15, 0.2) is 0 Å². The van der Waals surface area contributed by atoms with Gasteiger partial charge in [0, 0.05) is 25.7 Å². The Morgan fingerprint density at radius 2 is 2.23 bits per heavy atom. The first kappa shape index (κ1) is 11.0. The van der Waals surface area contributed by atoms with Crippen molar-refractivity contribution in [2.45, 2.75) is 38.8 Å². The minimum atomic E-state index is 0.00567. The average molecular weight is 186 g/mol. The summed E-state index contributed by atoms with van der Waals surface area (Å²) in [5, 5.41) is 0. The minimum absolute atomic E-state index is 0.00567. The summed E-state index contributed by atoms with van der Waals surface area (Å²) in [6.45, 7) is 10.3. The molecule has 3 nitrogen and oxygen atoms in total. The van der Waals surface area contributed by atoms with E-state index in [4.69, 9.17) is 10.5 Å². The van der Waals surface area contributed by atoms with Gasteiger partial charge < -0.3 is 10.5 Å². The molecule has 1 saturated heterocycles. The summed E-state index contributed by atoms with van der Waals surface area (Å²) in [7, 11) is 0. The molecule has 0 aliphatic carbocycles. The highest BCUT2D eigenvalue weighted by Crippen LogP contribution is 2.16. The van der Waals surface area contributed by atoms with Crippen LogP contribution in [-0.4, -0.2) is 42.8 Å². The molecule has 0 aromatic heterocycles. The predicted molar refractivity (Wildman–Crippen MR) is 54.7 cm³/mol. The first-order valence-electron chi connectivity index (χ1n) is 5.15. The van der Waals surface area contributed by atoms with E-state index in [1.807, 2.05) is 0 Å². The van der Waals surface area contributed by atoms with Gasteiger partial charge in [-0.3, -0.25) is 4.90 Å². The van der Waals surface area contributed by atoms with Crippen molar-refractivity contribution < 1.29 is 4.74 Å². The van der Waals surface area contributed by atoms with Crippen LogP contribution in [0.2, 0.25) is 0 Å². The van der Waals surface area contributed by atoms with Crippen LogP contribution in [0, 0.1) is 0 Å². The molecule has 1 aliphatic rings. The van der Waals surface area contributed by atoms with Crippen molar-refractivity contribution in [3.8, 4) is 0 Å². The highest BCUT2D eigenvalue weighted by atomic mass is 16.5. The zero-order valence-electron chi connectivity index (χ0n) is 9.05. The van der Waals surface area contributed by atoms with Crippen LogP contribution in [0.1, 0.15) is 27.2 Å². The third-order valence-electron chi connectivity index (χ3n) is 2.52. The second kappa shape index (κ2) is 4.40. The van der Waals surface area contributed by atoms with E-state index in [1.165, 1.54) is 0 Å². The van der Waals surface area contributed by atoms with E-state index in [0.717, 1.165) is 32.7 Å². The van der Waals surface area contributed by atoms with Crippen LogP contribution in [0.5, 0.6) is 0 Å². The number of hydrogen-bond donors (Lipinski definition) is 1. The number of hydrogen-bond acceptors (Lipinski definition) is 3. The molecule has 1 heterocycles. The Labute approximate surface area is 81.2 Å². The van der Waals surface area contributed by atoms with Gasteiger partial charge in [-0.25, -0.2) is 0 Å². The molecule has 1 aliphatic heterocycles. The molecule has 0 aromatic carbocycles. The molecule has 1 atom stereocenters. The fourth-order valence-corrected chi connectivity index (χ4v) is 1.73. The van der Waals surface area contributed by atoms with E-state index in [9.17, 15) is 0 Å². The van der Waals surface area contributed by atoms with Gasteiger partial charge in [0.15, 0.2) is 0 Å². The second-order valence-electron chi connectivity index (χ2n) is 4.51. The van der Waals surface area contributed by atoms with E-state index in [2.05, 4.69) is 25.7 Å². The number of ether oxygens (including phenoxy) is 1. The quantitative estimate of drug-likeness (QED) is 0.709. The number of nitrogens with zero attached hydrogens (tertiary/aromatic N) is 1. The van der Waals surface area contributed by atoms with Crippen molar-refractivity contribution in [3.05, 3.63) is 0 Å². The van der Waals surface area contributed by atoms with Crippen LogP contribution >= 0.6 is 0 Å². The fourth-order valence-electron chi connectivity index (χ4n) is 1.73. The summed E-state index contributed by atoms with van der Waals surface area (Å²) in [6.07, 6.45) is 1.05. The highest BCUT2D eigenvalue weighted by molar-refractivity contribution is 4.80. The van der Waals surface area contributed by atoms with E-state index in [-0.39, 0.29) is 5.60 Å². The lowest BCUT2D eigenvalue weighted by atomic mass is 10.1. The molecule has 1 rings (SSSR count). The van der Waals surface area contributed by atoms with Gasteiger partial charge in [-0.2, -0.15) is 0 Å². The standard InChI is InChI=1S/C10H22N2O/c1-4-9(11)7-12-5-6-13-10(2,3)8-12/h9H,4-8,11H2,1-3H3. The monoisotopic (exact) mass is 186 g/mol. The fraction of sp³-hybridized carbons (Fsp3) is 1.00. The average Bonchev–Trinajstić information content (AvgIpc) is 2.02. The normalized spacial score (nSPS) is 25.8. The first-order valence-corrected chi connectivity index (χ1v) is 5.15. The van der Waals surface area contributed by atoms with Crippen LogP contribution in [0.3, 0.4) is 0 Å². The van der Waals surface area contributed by atoms with E-state index in [1.54, 1.807) is 0 Å². The first-order chi connectivity index (χ1) is 6.03. The van der Waals surface area contributed by atoms with E-state index >= 15 is 0 Å². The SMILES string of the molecule is CCC(N)CN1CCOC(C)(C)C1. The maximum atomic E-state index is 5.91. The number of nitrogens with two attached hydrogens (primary N) is 1. The summed E-state index contributed by atoms with van der Waals surface area (Å²) in [4.78, 5) is 2.40. The third-order valence-corrected chi connectivity index (χ3v) is 2.52. The van der Waals surface area contributed by atoms with Crippen molar-refractivity contribution >= 4 is 0 Å². The van der Waals surface area contributed by atoms with Crippen molar-refractivity contribution in [3.63, 3.8) is 0 Å². The van der Waals surface area contributed by atoms with Crippen molar-refractivity contribution in [1.29, 1.82) is 0 Å². The third kappa shape index (κ3) is 3.63. The Kier molecular flexibility index (Phi) is 3.71. The molecule has 0 radical (unpaired) electrons. The zero-order valence-corrected chi connectivity index (χ0v) is 9.05. The Balaban J connectivity index is 2.34. The van der Waals surface area contributed by atoms with Crippen LogP contribution in [-0.2, 0) is 4.74 Å². The van der Waals surface area contributed by atoms with Gasteiger partial charge in [-0.1, -0.05) is 6.92 Å². The molecule has 2 N–H and O–H groups in total. The summed E-state index contributed by atoms with van der Waals surface area (Å²) >= 11 is 0. The van der Waals surface area contributed by atoms with Crippen LogP contribution in [0.25, 0.3) is 0 Å². The minimum Gasteiger partial charge on any atom is -0.373 e. The maximum Gasteiger partial charge on any atom is 0.0753 e. The van der Waals surface area contributed by atoms with Crippen LogP contribution < -0.4 is 5.73 Å². The lowest BCUT2D eigenvalue weighted by Crippen LogP contribution is -2.51. The molecule has 13 heavy (non-hydrogen) atoms. The largest absolute Gasteiger partial charge is 0.373 e. The van der Waals surface area contributed by atoms with E-state index in [0.29, 0.717) is 6.04 Å². The van der Waals surface area contributed by atoms with Crippen molar-refractivity contribution in [2.24, 2.45) is 5.73 Å². The van der Waals surface area contributed by atoms with Gasteiger partial charge in [-0.15, -0.1) is 0 Å². The molecule has 0 bridgehead atoms. The molecule has 0 spiro atoms. The van der Waals surface area contributed by atoms with Gasteiger partial charge in [0.1, 0.15) is 0 Å². The molecule has 0 amide bonds. The Hall–Kier alpha value is -0.120. The predicted octanol–water partition coefficient (Wildman–Crippen LogP) is 0.834. The van der Waals surface area contributed by atoms with Gasteiger partial charge in [0.2, 0.25) is 0 Å². The van der Waals surface area contributed by atoms with Crippen LogP contribution in [0.4, 0.5) is 0 Å². The molecule has 78 valence electrons. The number of rotatable bonds is 3. The molecule has 3 heteroatoms. The zero-order chi connectivity index (χ0) is 9.90. The van der Waals surface area contributed by atoms with Gasteiger partial charge in [0.05, 0.1) is 12.2 Å². The van der Waals surface area contributed by atoms with Crippen molar-refractivity contribution in [2.75, 3.05) is 26.2 Å². The Bertz CT molecular complexity index is 159. The molecule has 1 unspecified atom stereocenters. The maximum absolute atomic E-state index is 5.91.